The summed E-state index contributed by atoms with van der Waals surface area (Å²) in [5.74, 6) is 1.41. The number of ether oxygens (including phenoxy) is 1. The summed E-state index contributed by atoms with van der Waals surface area (Å²) >= 11 is 0. The first-order valence-corrected chi connectivity index (χ1v) is 9.59. The second kappa shape index (κ2) is 7.82. The molecule has 1 amide bonds. The van der Waals surface area contributed by atoms with Gasteiger partial charge in [0.1, 0.15) is 5.75 Å². The van der Waals surface area contributed by atoms with E-state index in [9.17, 15) is 4.79 Å². The first kappa shape index (κ1) is 17.6. The van der Waals surface area contributed by atoms with Gasteiger partial charge in [-0.05, 0) is 48.6 Å². The highest BCUT2D eigenvalue weighted by Gasteiger charge is 2.27. The van der Waals surface area contributed by atoms with Gasteiger partial charge in [0, 0.05) is 32.0 Å². The highest BCUT2D eigenvalue weighted by Crippen LogP contribution is 2.23. The molecule has 0 aliphatic carbocycles. The summed E-state index contributed by atoms with van der Waals surface area (Å²) in [7, 11) is 0. The number of nitrogens with zero attached hydrogens (tertiary/aromatic N) is 3. The molecule has 4 rings (SSSR count). The average Bonchev–Trinajstić information content (AvgIpc) is 3.21. The van der Waals surface area contributed by atoms with Crippen LogP contribution in [0.1, 0.15) is 19.8 Å². The minimum absolute atomic E-state index is 0.0734. The van der Waals surface area contributed by atoms with Crippen LogP contribution in [0.4, 0.5) is 0 Å². The molecule has 1 atom stereocenters. The van der Waals surface area contributed by atoms with Crippen molar-refractivity contribution < 1.29 is 9.53 Å². The Morgan fingerprint density at radius 1 is 1.19 bits per heavy atom. The Morgan fingerprint density at radius 3 is 2.70 bits per heavy atom. The average molecular weight is 363 g/mol. The molecule has 1 fully saturated rings. The zero-order valence-electron chi connectivity index (χ0n) is 15.6. The number of imidazole rings is 1. The molecule has 1 aromatic heterocycles. The molecule has 1 aliphatic rings. The Labute approximate surface area is 159 Å². The van der Waals surface area contributed by atoms with Crippen LogP contribution in [0.25, 0.3) is 10.8 Å². The van der Waals surface area contributed by atoms with Crippen LogP contribution in [-0.2, 0) is 11.3 Å². The Morgan fingerprint density at radius 2 is 1.96 bits per heavy atom. The summed E-state index contributed by atoms with van der Waals surface area (Å²) in [4.78, 5) is 18.8. The van der Waals surface area contributed by atoms with Crippen molar-refractivity contribution in [2.75, 3.05) is 13.1 Å². The molecule has 27 heavy (non-hydrogen) atoms. The van der Waals surface area contributed by atoms with E-state index in [0.717, 1.165) is 43.6 Å². The van der Waals surface area contributed by atoms with Crippen molar-refractivity contribution in [1.29, 1.82) is 0 Å². The van der Waals surface area contributed by atoms with Gasteiger partial charge >= 0.3 is 0 Å². The van der Waals surface area contributed by atoms with E-state index in [0.29, 0.717) is 5.92 Å². The van der Waals surface area contributed by atoms with Gasteiger partial charge in [0.05, 0.1) is 6.33 Å². The molecular weight excluding hydrogens is 338 g/mol. The zero-order chi connectivity index (χ0) is 18.6. The number of aromatic nitrogens is 2. The van der Waals surface area contributed by atoms with Gasteiger partial charge in [-0.15, -0.1) is 0 Å². The second-order valence-electron chi connectivity index (χ2n) is 7.30. The summed E-state index contributed by atoms with van der Waals surface area (Å²) in [5, 5.41) is 2.29. The number of piperidine rings is 1. The quantitative estimate of drug-likeness (QED) is 0.694. The summed E-state index contributed by atoms with van der Waals surface area (Å²) in [5.41, 5.74) is 0. The standard InChI is InChI=1S/C22H25N3O2/c1-17(27-21-7-6-19-4-2-3-5-20(19)14-21)22(26)25-11-8-18(9-12-25)15-24-13-10-23-16-24/h2-7,10,13-14,16-18H,8-9,11-12,15H2,1H3/t17-/m0/s1. The van der Waals surface area contributed by atoms with Gasteiger partial charge < -0.3 is 14.2 Å². The van der Waals surface area contributed by atoms with Crippen LogP contribution in [0.15, 0.2) is 61.2 Å². The van der Waals surface area contributed by atoms with Crippen molar-refractivity contribution in [2.24, 2.45) is 5.92 Å². The number of likely N-dealkylation sites (tertiary alicyclic amines) is 1. The predicted octanol–water partition coefficient (Wildman–Crippen LogP) is 3.74. The van der Waals surface area contributed by atoms with Crippen LogP contribution in [0.3, 0.4) is 0 Å². The number of hydrogen-bond acceptors (Lipinski definition) is 3. The fourth-order valence-corrected chi connectivity index (χ4v) is 3.78. The number of carbonyl (C=O) groups is 1. The van der Waals surface area contributed by atoms with Gasteiger partial charge in [-0.1, -0.05) is 30.3 Å². The minimum atomic E-state index is -0.476. The maximum atomic E-state index is 12.8. The molecule has 140 valence electrons. The largest absolute Gasteiger partial charge is 0.481 e. The molecule has 1 saturated heterocycles. The van der Waals surface area contributed by atoms with Crippen molar-refractivity contribution in [1.82, 2.24) is 14.5 Å². The Kier molecular flexibility index (Phi) is 5.10. The van der Waals surface area contributed by atoms with E-state index in [1.54, 1.807) is 0 Å². The van der Waals surface area contributed by atoms with Crippen LogP contribution >= 0.6 is 0 Å². The lowest BCUT2D eigenvalue weighted by molar-refractivity contribution is -0.139. The van der Waals surface area contributed by atoms with E-state index in [2.05, 4.69) is 21.7 Å². The van der Waals surface area contributed by atoms with E-state index in [1.165, 1.54) is 5.39 Å². The van der Waals surface area contributed by atoms with Gasteiger partial charge in [-0.25, -0.2) is 4.98 Å². The number of hydrogen-bond donors (Lipinski definition) is 0. The Balaban J connectivity index is 1.32. The lowest BCUT2D eigenvalue weighted by Crippen LogP contribution is -2.45. The van der Waals surface area contributed by atoms with Crippen LogP contribution in [0.2, 0.25) is 0 Å². The molecule has 1 aliphatic heterocycles. The smallest absolute Gasteiger partial charge is 0.263 e. The molecule has 5 heteroatoms. The SMILES string of the molecule is C[C@H](Oc1ccc2ccccc2c1)C(=O)N1CCC(Cn2ccnc2)CC1. The van der Waals surface area contributed by atoms with Crippen LogP contribution in [0.5, 0.6) is 5.75 Å². The lowest BCUT2D eigenvalue weighted by atomic mass is 9.96. The van der Waals surface area contributed by atoms with Crippen molar-refractivity contribution >= 4 is 16.7 Å². The van der Waals surface area contributed by atoms with Gasteiger partial charge in [0.15, 0.2) is 6.10 Å². The minimum Gasteiger partial charge on any atom is -0.481 e. The number of fused-ring (bicyclic) bond motifs is 1. The topological polar surface area (TPSA) is 47.4 Å². The summed E-state index contributed by atoms with van der Waals surface area (Å²) in [6.07, 6.45) is 7.23. The molecule has 0 bridgehead atoms. The van der Waals surface area contributed by atoms with Crippen LogP contribution in [-0.4, -0.2) is 39.6 Å². The van der Waals surface area contributed by atoms with Crippen LogP contribution in [0, 0.1) is 5.92 Å². The fourth-order valence-electron chi connectivity index (χ4n) is 3.78. The molecule has 0 spiro atoms. The van der Waals surface area contributed by atoms with E-state index < -0.39 is 6.10 Å². The third kappa shape index (κ3) is 4.13. The van der Waals surface area contributed by atoms with Crippen molar-refractivity contribution in [3.05, 3.63) is 61.2 Å². The highest BCUT2D eigenvalue weighted by atomic mass is 16.5. The summed E-state index contributed by atoms with van der Waals surface area (Å²) in [6.45, 7) is 4.41. The Bertz CT molecular complexity index is 899. The third-order valence-electron chi connectivity index (χ3n) is 5.34. The van der Waals surface area contributed by atoms with Crippen molar-refractivity contribution in [2.45, 2.75) is 32.4 Å². The maximum Gasteiger partial charge on any atom is 0.263 e. The van der Waals surface area contributed by atoms with Gasteiger partial charge in [0.25, 0.3) is 5.91 Å². The first-order valence-electron chi connectivity index (χ1n) is 9.59. The van der Waals surface area contributed by atoms with Gasteiger partial charge in [-0.3, -0.25) is 4.79 Å². The third-order valence-corrected chi connectivity index (χ3v) is 5.34. The molecule has 5 nitrogen and oxygen atoms in total. The number of amides is 1. The molecule has 0 saturated carbocycles. The van der Waals surface area contributed by atoms with Crippen molar-refractivity contribution in [3.8, 4) is 5.75 Å². The van der Waals surface area contributed by atoms with E-state index in [4.69, 9.17) is 4.74 Å². The first-order chi connectivity index (χ1) is 13.2. The van der Waals surface area contributed by atoms with Gasteiger partial charge in [0.2, 0.25) is 0 Å². The highest BCUT2D eigenvalue weighted by molar-refractivity contribution is 5.84. The number of carbonyl (C=O) groups excluding carboxylic acids is 1. The molecule has 0 N–H and O–H groups in total. The summed E-state index contributed by atoms with van der Waals surface area (Å²) < 4.78 is 8.06. The normalized spacial score (nSPS) is 16.4. The molecule has 3 aromatic rings. The fraction of sp³-hybridized carbons (Fsp3) is 0.364. The summed E-state index contributed by atoms with van der Waals surface area (Å²) in [6, 6.07) is 14.1. The van der Waals surface area contributed by atoms with E-state index in [-0.39, 0.29) is 5.91 Å². The monoisotopic (exact) mass is 363 g/mol. The van der Waals surface area contributed by atoms with E-state index >= 15 is 0 Å². The van der Waals surface area contributed by atoms with Crippen molar-refractivity contribution in [3.63, 3.8) is 0 Å². The zero-order valence-corrected chi connectivity index (χ0v) is 15.6. The van der Waals surface area contributed by atoms with Crippen LogP contribution < -0.4 is 4.74 Å². The molecule has 2 aromatic carbocycles. The van der Waals surface area contributed by atoms with E-state index in [1.807, 2.05) is 60.9 Å². The number of rotatable bonds is 5. The number of benzene rings is 2. The van der Waals surface area contributed by atoms with Gasteiger partial charge in [-0.2, -0.15) is 0 Å². The molecule has 0 unspecified atom stereocenters. The lowest BCUT2D eigenvalue weighted by Gasteiger charge is -2.33. The molecular formula is C22H25N3O2. The predicted molar refractivity (Wildman–Crippen MR) is 106 cm³/mol. The Hall–Kier alpha value is -2.82. The molecule has 2 heterocycles. The maximum absolute atomic E-state index is 12.8. The second-order valence-corrected chi connectivity index (χ2v) is 7.30. The molecule has 0 radical (unpaired) electrons.